The van der Waals surface area contributed by atoms with Gasteiger partial charge in [0.15, 0.2) is 0 Å². The number of unbranched alkanes of at least 4 members (excludes halogenated alkanes) is 4. The van der Waals surface area contributed by atoms with Crippen LogP contribution in [-0.2, 0) is 9.59 Å². The molecule has 5 heteroatoms. The van der Waals surface area contributed by atoms with Crippen molar-refractivity contribution in [2.75, 3.05) is 31.5 Å². The van der Waals surface area contributed by atoms with Crippen LogP contribution in [-0.4, -0.2) is 47.6 Å². The normalized spacial score (nSPS) is 11.2. The molecule has 0 spiro atoms. The minimum atomic E-state index is -1.14. The molecule has 0 atom stereocenters. The van der Waals surface area contributed by atoms with Gasteiger partial charge in [0.25, 0.3) is 0 Å². The molecule has 5 nitrogen and oxygen atoms in total. The van der Waals surface area contributed by atoms with Gasteiger partial charge >= 0.3 is 5.97 Å². The number of hydrogen-bond acceptors (Lipinski definition) is 2. The number of benzene rings is 1. The summed E-state index contributed by atoms with van der Waals surface area (Å²) in [5.41, 5.74) is 2.61. The van der Waals surface area contributed by atoms with Crippen LogP contribution in [0.3, 0.4) is 0 Å². The lowest BCUT2D eigenvalue weighted by atomic mass is 10.1. The maximum Gasteiger partial charge on any atom is 0.328 e. The van der Waals surface area contributed by atoms with Gasteiger partial charge in [-0.05, 0) is 50.7 Å². The van der Waals surface area contributed by atoms with E-state index in [1.165, 1.54) is 82.0 Å². The van der Waals surface area contributed by atoms with Crippen LogP contribution in [0.15, 0.2) is 30.4 Å². The first-order chi connectivity index (χ1) is 15.7. The van der Waals surface area contributed by atoms with Crippen molar-refractivity contribution in [3.8, 4) is 0 Å². The lowest BCUT2D eigenvalue weighted by Gasteiger charge is -2.39. The fourth-order valence-electron chi connectivity index (χ4n) is 3.97. The molecule has 0 unspecified atom stereocenters. The van der Waals surface area contributed by atoms with E-state index in [1.807, 2.05) is 32.0 Å². The van der Waals surface area contributed by atoms with E-state index in [0.717, 1.165) is 29.0 Å². The molecule has 0 heterocycles. The van der Waals surface area contributed by atoms with E-state index in [0.29, 0.717) is 0 Å². The van der Waals surface area contributed by atoms with E-state index >= 15 is 0 Å². The molecular formula is C28H49N2O3+. The van der Waals surface area contributed by atoms with Crippen LogP contribution in [0.2, 0.25) is 0 Å². The van der Waals surface area contributed by atoms with E-state index in [2.05, 4.69) is 33.0 Å². The van der Waals surface area contributed by atoms with Gasteiger partial charge in [0.1, 0.15) is 0 Å². The zero-order chi connectivity index (χ0) is 25.1. The molecule has 1 rings (SSSR count). The Morgan fingerprint density at radius 3 is 1.52 bits per heavy atom. The fraction of sp³-hybridized carbons (Fsp3) is 0.643. The summed E-state index contributed by atoms with van der Waals surface area (Å²) in [6.45, 7) is 18.8. The number of aryl methyl sites for hydroxylation is 2. The SMILES string of the molecule is CCCC[N+](CCCC)(CCCC)CCCC.Cc1cccc(C)c1NC(=O)/C=C\C(=O)O. The summed E-state index contributed by atoms with van der Waals surface area (Å²) in [6.07, 6.45) is 12.9. The zero-order valence-corrected chi connectivity index (χ0v) is 22.1. The molecule has 0 saturated carbocycles. The second-order valence-electron chi connectivity index (χ2n) is 9.08. The molecular weight excluding hydrogens is 412 g/mol. The Labute approximate surface area is 202 Å². The smallest absolute Gasteiger partial charge is 0.328 e. The highest BCUT2D eigenvalue weighted by Crippen LogP contribution is 2.19. The molecule has 0 fully saturated rings. The van der Waals surface area contributed by atoms with Crippen LogP contribution in [0.4, 0.5) is 5.69 Å². The summed E-state index contributed by atoms with van der Waals surface area (Å²) in [5.74, 6) is -1.59. The van der Waals surface area contributed by atoms with Gasteiger partial charge < -0.3 is 14.9 Å². The van der Waals surface area contributed by atoms with Gasteiger partial charge in [0.05, 0.1) is 26.2 Å². The molecule has 1 amide bonds. The number of nitrogens with zero attached hydrogens (tertiary/aromatic N) is 1. The number of nitrogens with one attached hydrogen (secondary N) is 1. The number of anilines is 1. The van der Waals surface area contributed by atoms with Gasteiger partial charge in [0, 0.05) is 17.8 Å². The number of amides is 1. The molecule has 0 bridgehead atoms. The maximum atomic E-state index is 11.4. The summed E-state index contributed by atoms with van der Waals surface area (Å²) in [5, 5.41) is 11.0. The van der Waals surface area contributed by atoms with Gasteiger partial charge in [-0.15, -0.1) is 0 Å². The maximum absolute atomic E-state index is 11.4. The Morgan fingerprint density at radius 2 is 1.18 bits per heavy atom. The van der Waals surface area contributed by atoms with Crippen LogP contribution in [0.1, 0.15) is 90.2 Å². The zero-order valence-electron chi connectivity index (χ0n) is 22.1. The van der Waals surface area contributed by atoms with Crippen LogP contribution in [0.25, 0.3) is 0 Å². The van der Waals surface area contributed by atoms with Crippen molar-refractivity contribution in [2.24, 2.45) is 0 Å². The predicted molar refractivity (Wildman–Crippen MR) is 141 cm³/mol. The number of carboxylic acids is 1. The van der Waals surface area contributed by atoms with Crippen molar-refractivity contribution in [3.63, 3.8) is 0 Å². The minimum Gasteiger partial charge on any atom is -0.478 e. The van der Waals surface area contributed by atoms with E-state index in [4.69, 9.17) is 5.11 Å². The summed E-state index contributed by atoms with van der Waals surface area (Å²) >= 11 is 0. The van der Waals surface area contributed by atoms with Crippen LogP contribution >= 0.6 is 0 Å². The van der Waals surface area contributed by atoms with Gasteiger partial charge in [-0.25, -0.2) is 4.79 Å². The number of aliphatic carboxylic acids is 1. The molecule has 188 valence electrons. The second kappa shape index (κ2) is 18.3. The third-order valence-corrected chi connectivity index (χ3v) is 6.05. The first-order valence-electron chi connectivity index (χ1n) is 12.9. The number of carbonyl (C=O) groups is 2. The summed E-state index contributed by atoms with van der Waals surface area (Å²) in [4.78, 5) is 21.6. The van der Waals surface area contributed by atoms with Gasteiger partial charge in [0.2, 0.25) is 5.91 Å². The Hall–Kier alpha value is -2.14. The average Bonchev–Trinajstić information content (AvgIpc) is 2.79. The van der Waals surface area contributed by atoms with Crippen molar-refractivity contribution < 1.29 is 19.2 Å². The second-order valence-corrected chi connectivity index (χ2v) is 9.08. The van der Waals surface area contributed by atoms with Crippen LogP contribution < -0.4 is 5.32 Å². The number of quaternary nitrogens is 1. The summed E-state index contributed by atoms with van der Waals surface area (Å²) < 4.78 is 1.42. The fourth-order valence-corrected chi connectivity index (χ4v) is 3.97. The molecule has 2 N–H and O–H groups in total. The highest BCUT2D eigenvalue weighted by atomic mass is 16.4. The largest absolute Gasteiger partial charge is 0.478 e. The predicted octanol–water partition coefficient (Wildman–Crippen LogP) is 6.89. The molecule has 33 heavy (non-hydrogen) atoms. The molecule has 0 aliphatic heterocycles. The standard InChI is InChI=1S/C16H36N.C12H13NO3/c1-5-9-13-17(14-10-6-2,15-11-7-3)16-12-8-4;1-8-4-3-5-9(2)12(8)13-10(14)6-7-11(15)16/h5-16H2,1-4H3;3-7H,1-2H3,(H,13,14)(H,15,16)/q+1;/b;7-6-. The Balaban J connectivity index is 0.000000621. The lowest BCUT2D eigenvalue weighted by molar-refractivity contribution is -0.929. The Bertz CT molecular complexity index is 655. The van der Waals surface area contributed by atoms with E-state index in [9.17, 15) is 9.59 Å². The van der Waals surface area contributed by atoms with Crippen molar-refractivity contribution in [3.05, 3.63) is 41.5 Å². The lowest BCUT2D eigenvalue weighted by Crippen LogP contribution is -2.50. The molecule has 1 aromatic rings. The van der Waals surface area contributed by atoms with E-state index in [1.54, 1.807) is 0 Å². The minimum absolute atomic E-state index is 0.445. The number of para-hydroxylation sites is 1. The Kier molecular flexibility index (Phi) is 17.1. The molecule has 1 aromatic carbocycles. The van der Waals surface area contributed by atoms with Gasteiger partial charge in [-0.3, -0.25) is 4.79 Å². The Morgan fingerprint density at radius 1 is 0.788 bits per heavy atom. The quantitative estimate of drug-likeness (QED) is 0.221. The average molecular weight is 462 g/mol. The van der Waals surface area contributed by atoms with Gasteiger partial charge in [-0.2, -0.15) is 0 Å². The van der Waals surface area contributed by atoms with E-state index in [-0.39, 0.29) is 0 Å². The highest BCUT2D eigenvalue weighted by Gasteiger charge is 2.24. The molecule has 0 saturated heterocycles. The van der Waals surface area contributed by atoms with Crippen molar-refractivity contribution in [2.45, 2.75) is 92.9 Å². The molecule has 0 aliphatic carbocycles. The number of rotatable bonds is 15. The summed E-state index contributed by atoms with van der Waals surface area (Å²) in [6, 6.07) is 5.65. The number of hydrogen-bond donors (Lipinski definition) is 2. The van der Waals surface area contributed by atoms with Crippen molar-refractivity contribution in [1.29, 1.82) is 0 Å². The monoisotopic (exact) mass is 461 g/mol. The van der Waals surface area contributed by atoms with Crippen molar-refractivity contribution in [1.82, 2.24) is 0 Å². The molecule has 0 radical (unpaired) electrons. The number of carbonyl (C=O) groups excluding carboxylic acids is 1. The summed E-state index contributed by atoms with van der Waals surface area (Å²) in [7, 11) is 0. The van der Waals surface area contributed by atoms with Gasteiger partial charge in [-0.1, -0.05) is 71.6 Å². The van der Waals surface area contributed by atoms with Crippen LogP contribution in [0, 0.1) is 13.8 Å². The molecule has 0 aliphatic rings. The highest BCUT2D eigenvalue weighted by molar-refractivity contribution is 6.03. The third kappa shape index (κ3) is 13.9. The van der Waals surface area contributed by atoms with E-state index < -0.39 is 11.9 Å². The van der Waals surface area contributed by atoms with Crippen LogP contribution in [0.5, 0.6) is 0 Å². The first-order valence-corrected chi connectivity index (χ1v) is 12.9. The third-order valence-electron chi connectivity index (χ3n) is 6.05. The van der Waals surface area contributed by atoms with Crippen molar-refractivity contribution >= 4 is 17.6 Å². The topological polar surface area (TPSA) is 66.4 Å². The first kappa shape index (κ1) is 30.9. The molecule has 0 aromatic heterocycles. The number of carboxylic acid groups (broad SMARTS) is 1.